The number of amides is 2. The summed E-state index contributed by atoms with van der Waals surface area (Å²) in [5, 5.41) is 3.16. The van der Waals surface area contributed by atoms with Crippen LogP contribution in [0.5, 0.6) is 11.5 Å². The molecular formula is C24H31ClN2O5. The molecule has 1 heterocycles. The topological polar surface area (TPSA) is 81.0 Å². The van der Waals surface area contributed by atoms with E-state index in [-0.39, 0.29) is 30.3 Å². The van der Waals surface area contributed by atoms with Crippen LogP contribution in [0.4, 0.5) is 0 Å². The van der Waals surface area contributed by atoms with Gasteiger partial charge in [0.2, 0.25) is 11.8 Å². The third kappa shape index (κ3) is 5.97. The van der Waals surface area contributed by atoms with Crippen molar-refractivity contribution >= 4 is 23.4 Å². The summed E-state index contributed by atoms with van der Waals surface area (Å²) >= 11 is 5.94. The summed E-state index contributed by atoms with van der Waals surface area (Å²) in [4.78, 5) is 27.9. The molecule has 2 amide bonds. The number of hydrogen-bond donors (Lipinski definition) is 1. The van der Waals surface area contributed by atoms with E-state index in [2.05, 4.69) is 5.32 Å². The second kappa shape index (κ2) is 11.8. The van der Waals surface area contributed by atoms with E-state index in [9.17, 15) is 9.59 Å². The van der Waals surface area contributed by atoms with Gasteiger partial charge in [0, 0.05) is 6.04 Å². The number of nitrogens with zero attached hydrogens (tertiary/aromatic N) is 1. The lowest BCUT2D eigenvalue weighted by atomic mass is 9.94. The SMILES string of the molecule is CCOc1ccc(C(C(=O)NC2CCCCC2)N(Cc2ccco2)C(=O)CCl)cc1OC. The molecule has 1 atom stereocenters. The van der Waals surface area contributed by atoms with Crippen LogP contribution in [0.25, 0.3) is 0 Å². The summed E-state index contributed by atoms with van der Waals surface area (Å²) in [6.45, 7) is 2.49. The van der Waals surface area contributed by atoms with Gasteiger partial charge < -0.3 is 24.1 Å². The largest absolute Gasteiger partial charge is 0.493 e. The molecule has 3 rings (SSSR count). The van der Waals surface area contributed by atoms with Crippen LogP contribution in [0.2, 0.25) is 0 Å². The summed E-state index contributed by atoms with van der Waals surface area (Å²) in [5.41, 5.74) is 0.614. The van der Waals surface area contributed by atoms with Crippen LogP contribution < -0.4 is 14.8 Å². The number of methoxy groups -OCH3 is 1. The number of alkyl halides is 1. The summed E-state index contributed by atoms with van der Waals surface area (Å²) in [7, 11) is 1.54. The first-order valence-corrected chi connectivity index (χ1v) is 11.6. The van der Waals surface area contributed by atoms with Crippen LogP contribution in [0.15, 0.2) is 41.0 Å². The van der Waals surface area contributed by atoms with Crippen LogP contribution in [0.1, 0.15) is 56.4 Å². The van der Waals surface area contributed by atoms with Crippen molar-refractivity contribution in [3.63, 3.8) is 0 Å². The lowest BCUT2D eigenvalue weighted by Crippen LogP contribution is -2.47. The van der Waals surface area contributed by atoms with E-state index in [0.29, 0.717) is 29.4 Å². The maximum absolute atomic E-state index is 13.6. The Balaban J connectivity index is 1.98. The number of furan rings is 1. The Morgan fingerprint density at radius 1 is 1.22 bits per heavy atom. The highest BCUT2D eigenvalue weighted by Crippen LogP contribution is 2.34. The van der Waals surface area contributed by atoms with Crippen molar-refractivity contribution in [2.45, 2.75) is 57.7 Å². The standard InChI is InChI=1S/C24H31ClN2O5/c1-3-31-20-12-11-17(14-21(20)30-2)23(24(29)26-18-8-5-4-6-9-18)27(22(28)15-25)16-19-10-7-13-32-19/h7,10-14,18,23H,3-6,8-9,15-16H2,1-2H3,(H,26,29). The Morgan fingerprint density at radius 2 is 2.00 bits per heavy atom. The van der Waals surface area contributed by atoms with Gasteiger partial charge in [0.25, 0.3) is 0 Å². The molecule has 1 aliphatic rings. The smallest absolute Gasteiger partial charge is 0.247 e. The average Bonchev–Trinajstić information content (AvgIpc) is 3.33. The van der Waals surface area contributed by atoms with Gasteiger partial charge >= 0.3 is 0 Å². The predicted molar refractivity (Wildman–Crippen MR) is 122 cm³/mol. The fourth-order valence-electron chi connectivity index (χ4n) is 4.10. The zero-order valence-electron chi connectivity index (χ0n) is 18.6. The Morgan fingerprint density at radius 3 is 2.62 bits per heavy atom. The number of carbonyl (C=O) groups is 2. The molecule has 1 aromatic carbocycles. The molecule has 8 heteroatoms. The van der Waals surface area contributed by atoms with Crippen molar-refractivity contribution < 1.29 is 23.5 Å². The van der Waals surface area contributed by atoms with Crippen molar-refractivity contribution in [3.8, 4) is 11.5 Å². The number of nitrogens with one attached hydrogen (secondary N) is 1. The van der Waals surface area contributed by atoms with Crippen molar-refractivity contribution in [2.24, 2.45) is 0 Å². The summed E-state index contributed by atoms with van der Waals surface area (Å²) in [5.74, 6) is 0.787. The van der Waals surface area contributed by atoms with E-state index in [4.69, 9.17) is 25.5 Å². The average molecular weight is 463 g/mol. The van der Waals surface area contributed by atoms with Crippen LogP contribution in [-0.4, -0.2) is 42.4 Å². The van der Waals surface area contributed by atoms with E-state index >= 15 is 0 Å². The number of halogens is 1. The van der Waals surface area contributed by atoms with Crippen LogP contribution in [0, 0.1) is 0 Å². The van der Waals surface area contributed by atoms with Gasteiger partial charge in [-0.1, -0.05) is 25.3 Å². The quantitative estimate of drug-likeness (QED) is 0.528. The molecule has 32 heavy (non-hydrogen) atoms. The highest BCUT2D eigenvalue weighted by Gasteiger charge is 2.33. The first kappa shape index (κ1) is 24.0. The van der Waals surface area contributed by atoms with Crippen LogP contribution in [-0.2, 0) is 16.1 Å². The van der Waals surface area contributed by atoms with E-state index in [1.165, 1.54) is 17.6 Å². The Labute approximate surface area is 194 Å². The maximum Gasteiger partial charge on any atom is 0.247 e. The molecule has 1 aliphatic carbocycles. The van der Waals surface area contributed by atoms with Crippen molar-refractivity contribution in [1.82, 2.24) is 10.2 Å². The number of hydrogen-bond acceptors (Lipinski definition) is 5. The second-order valence-corrected chi connectivity index (χ2v) is 8.09. The highest BCUT2D eigenvalue weighted by atomic mass is 35.5. The minimum Gasteiger partial charge on any atom is -0.493 e. The number of benzene rings is 1. The van der Waals surface area contributed by atoms with Gasteiger partial charge in [0.15, 0.2) is 11.5 Å². The molecule has 0 aliphatic heterocycles. The van der Waals surface area contributed by atoms with Crippen molar-refractivity contribution in [3.05, 3.63) is 47.9 Å². The summed E-state index contributed by atoms with van der Waals surface area (Å²) in [6, 6.07) is 8.01. The highest BCUT2D eigenvalue weighted by molar-refractivity contribution is 6.27. The van der Waals surface area contributed by atoms with Crippen LogP contribution in [0.3, 0.4) is 0 Å². The van der Waals surface area contributed by atoms with E-state index < -0.39 is 6.04 Å². The molecule has 0 saturated heterocycles. The van der Waals surface area contributed by atoms with Gasteiger partial charge in [-0.25, -0.2) is 0 Å². The van der Waals surface area contributed by atoms with Gasteiger partial charge in [-0.15, -0.1) is 11.6 Å². The normalized spacial score (nSPS) is 15.1. The van der Waals surface area contributed by atoms with Gasteiger partial charge in [-0.3, -0.25) is 9.59 Å². The molecule has 1 aromatic heterocycles. The van der Waals surface area contributed by atoms with Gasteiger partial charge in [0.1, 0.15) is 17.7 Å². The van der Waals surface area contributed by atoms with Gasteiger partial charge in [-0.2, -0.15) is 0 Å². The molecule has 1 saturated carbocycles. The Hall–Kier alpha value is -2.67. The summed E-state index contributed by atoms with van der Waals surface area (Å²) in [6.07, 6.45) is 6.77. The van der Waals surface area contributed by atoms with E-state index in [1.807, 2.05) is 6.92 Å². The predicted octanol–water partition coefficient (Wildman–Crippen LogP) is 4.44. The van der Waals surface area contributed by atoms with E-state index in [1.54, 1.807) is 37.4 Å². The maximum atomic E-state index is 13.6. The van der Waals surface area contributed by atoms with Gasteiger partial charge in [0.05, 0.1) is 26.5 Å². The Bertz CT molecular complexity index is 881. The summed E-state index contributed by atoms with van der Waals surface area (Å²) < 4.78 is 16.6. The third-order valence-electron chi connectivity index (χ3n) is 5.66. The lowest BCUT2D eigenvalue weighted by molar-refractivity contribution is -0.140. The second-order valence-electron chi connectivity index (χ2n) is 7.82. The van der Waals surface area contributed by atoms with Crippen molar-refractivity contribution in [2.75, 3.05) is 19.6 Å². The molecular weight excluding hydrogens is 432 g/mol. The van der Waals surface area contributed by atoms with E-state index in [0.717, 1.165) is 25.7 Å². The molecule has 0 bridgehead atoms. The molecule has 174 valence electrons. The fourth-order valence-corrected chi connectivity index (χ4v) is 4.25. The molecule has 0 spiro atoms. The zero-order valence-corrected chi connectivity index (χ0v) is 19.4. The number of rotatable bonds is 10. The minimum absolute atomic E-state index is 0.0971. The van der Waals surface area contributed by atoms with Gasteiger partial charge in [-0.05, 0) is 49.6 Å². The first-order valence-electron chi connectivity index (χ1n) is 11.1. The molecule has 1 fully saturated rings. The molecule has 2 aromatic rings. The monoisotopic (exact) mass is 462 g/mol. The minimum atomic E-state index is -0.891. The number of ether oxygens (including phenoxy) is 2. The molecule has 1 N–H and O–H groups in total. The fraction of sp³-hybridized carbons (Fsp3) is 0.500. The first-order chi connectivity index (χ1) is 15.6. The molecule has 0 radical (unpaired) electrons. The molecule has 1 unspecified atom stereocenters. The Kier molecular flexibility index (Phi) is 8.85. The lowest BCUT2D eigenvalue weighted by Gasteiger charge is -2.33. The number of carbonyl (C=O) groups excluding carboxylic acids is 2. The third-order valence-corrected chi connectivity index (χ3v) is 5.88. The van der Waals surface area contributed by atoms with Crippen LogP contribution >= 0.6 is 11.6 Å². The zero-order chi connectivity index (χ0) is 22.9. The molecule has 7 nitrogen and oxygen atoms in total. The van der Waals surface area contributed by atoms with Crippen molar-refractivity contribution in [1.29, 1.82) is 0 Å².